The van der Waals surface area contributed by atoms with Crippen LogP contribution in [0.15, 0.2) is 42.5 Å². The number of nitrogens with zero attached hydrogens (tertiary/aromatic N) is 2. The first kappa shape index (κ1) is 17.5. The van der Waals surface area contributed by atoms with Crippen LogP contribution in [-0.4, -0.2) is 10.3 Å². The van der Waals surface area contributed by atoms with Gasteiger partial charge in [-0.1, -0.05) is 0 Å². The molecule has 0 atom stereocenters. The smallest absolute Gasteiger partial charge is 0.154 e. The highest BCUT2D eigenvalue weighted by Crippen LogP contribution is 2.52. The molecule has 0 aliphatic carbocycles. The zero-order valence-corrected chi connectivity index (χ0v) is 15.6. The fourth-order valence-electron chi connectivity index (χ4n) is 2.24. The minimum atomic E-state index is -0.339. The van der Waals surface area contributed by atoms with Crippen molar-refractivity contribution in [1.29, 1.82) is 5.26 Å². The Labute approximate surface area is 152 Å². The maximum atomic E-state index is 8.90. The normalized spacial score (nSPS) is 18.0. The molecule has 0 bridgehead atoms. The van der Waals surface area contributed by atoms with Crippen LogP contribution in [0.2, 0.25) is 0 Å². The first-order valence-corrected chi connectivity index (χ1v) is 8.75. The van der Waals surface area contributed by atoms with Crippen LogP contribution in [-0.2, 0) is 4.84 Å². The van der Waals surface area contributed by atoms with Crippen LogP contribution in [0, 0.1) is 11.3 Å². The third-order valence-corrected chi connectivity index (χ3v) is 5.85. The molecule has 5 nitrogen and oxygen atoms in total. The Kier molecular flexibility index (Phi) is 4.31. The summed E-state index contributed by atoms with van der Waals surface area (Å²) in [5.41, 5.74) is 7.62. The number of nitrogens with two attached hydrogens (primary N) is 1. The van der Waals surface area contributed by atoms with E-state index in [1.54, 1.807) is 46.7 Å². The van der Waals surface area contributed by atoms with Crippen molar-refractivity contribution in [2.75, 3.05) is 10.2 Å². The van der Waals surface area contributed by atoms with Gasteiger partial charge < -0.3 is 10.5 Å². The number of anilines is 2. The summed E-state index contributed by atoms with van der Waals surface area (Å²) in [4.78, 5) is 6.14. The van der Waals surface area contributed by atoms with Gasteiger partial charge in [0.2, 0.25) is 0 Å². The predicted octanol–water partition coefficient (Wildman–Crippen LogP) is 4.89. The Balaban J connectivity index is 1.92. The molecule has 1 heterocycles. The first-order chi connectivity index (χ1) is 11.7. The highest BCUT2D eigenvalue weighted by Gasteiger charge is 2.49. The van der Waals surface area contributed by atoms with E-state index in [1.807, 2.05) is 12.1 Å². The molecule has 0 aromatic heterocycles. The number of rotatable bonds is 3. The predicted molar refractivity (Wildman–Crippen MR) is 101 cm³/mol. The SMILES string of the molecule is CC1(C)ON(c2cc(N)ccc2Oc2ccc(C#N)cc2)SC1(C)C. The maximum absolute atomic E-state index is 8.90. The average Bonchev–Trinajstić information content (AvgIpc) is 2.78. The van der Waals surface area contributed by atoms with Crippen molar-refractivity contribution >= 4 is 23.3 Å². The molecule has 0 unspecified atom stereocenters. The van der Waals surface area contributed by atoms with Gasteiger partial charge in [0.25, 0.3) is 0 Å². The van der Waals surface area contributed by atoms with Crippen LogP contribution >= 0.6 is 11.9 Å². The Morgan fingerprint density at radius 1 is 1.12 bits per heavy atom. The molecule has 3 rings (SSSR count). The minimum absolute atomic E-state index is 0.108. The van der Waals surface area contributed by atoms with E-state index < -0.39 is 0 Å². The number of benzene rings is 2. The van der Waals surface area contributed by atoms with Crippen LogP contribution in [0.5, 0.6) is 11.5 Å². The molecule has 0 spiro atoms. The van der Waals surface area contributed by atoms with Crippen molar-refractivity contribution < 1.29 is 9.57 Å². The van der Waals surface area contributed by atoms with E-state index in [-0.39, 0.29) is 10.3 Å². The highest BCUT2D eigenvalue weighted by molar-refractivity contribution is 8.02. The van der Waals surface area contributed by atoms with Crippen LogP contribution < -0.4 is 14.9 Å². The molecule has 130 valence electrons. The summed E-state index contributed by atoms with van der Waals surface area (Å²) >= 11 is 1.60. The third-order valence-electron chi connectivity index (χ3n) is 4.46. The summed E-state index contributed by atoms with van der Waals surface area (Å²) in [6.07, 6.45) is 0. The van der Waals surface area contributed by atoms with Crippen molar-refractivity contribution in [2.24, 2.45) is 0 Å². The van der Waals surface area contributed by atoms with E-state index in [0.29, 0.717) is 22.7 Å². The first-order valence-electron chi connectivity index (χ1n) is 7.98. The maximum Gasteiger partial charge on any atom is 0.154 e. The lowest BCUT2D eigenvalue weighted by molar-refractivity contribution is -0.00683. The van der Waals surface area contributed by atoms with Crippen LogP contribution in [0.3, 0.4) is 0 Å². The van der Waals surface area contributed by atoms with E-state index in [4.69, 9.17) is 20.6 Å². The molecular weight excluding hydrogens is 334 g/mol. The van der Waals surface area contributed by atoms with Crippen molar-refractivity contribution in [2.45, 2.75) is 38.0 Å². The summed E-state index contributed by atoms with van der Waals surface area (Å²) in [6.45, 7) is 8.41. The number of ether oxygens (including phenoxy) is 1. The molecular formula is C19H21N3O2S. The second-order valence-corrected chi connectivity index (χ2v) is 8.46. The van der Waals surface area contributed by atoms with Gasteiger partial charge in [0.1, 0.15) is 17.0 Å². The fraction of sp³-hybridized carbons (Fsp3) is 0.316. The molecule has 2 N–H and O–H groups in total. The largest absolute Gasteiger partial charge is 0.455 e. The Bertz CT molecular complexity index is 810. The lowest BCUT2D eigenvalue weighted by Crippen LogP contribution is -2.39. The fourth-order valence-corrected chi connectivity index (χ4v) is 3.38. The van der Waals surface area contributed by atoms with Crippen LogP contribution in [0.4, 0.5) is 11.4 Å². The van der Waals surface area contributed by atoms with E-state index >= 15 is 0 Å². The van der Waals surface area contributed by atoms with E-state index in [2.05, 4.69) is 33.8 Å². The van der Waals surface area contributed by atoms with Gasteiger partial charge in [0, 0.05) is 5.69 Å². The summed E-state index contributed by atoms with van der Waals surface area (Å²) in [5.74, 6) is 1.28. The quantitative estimate of drug-likeness (QED) is 0.624. The molecule has 1 fully saturated rings. The molecule has 6 heteroatoms. The van der Waals surface area contributed by atoms with Gasteiger partial charge in [-0.15, -0.1) is 0 Å². The van der Waals surface area contributed by atoms with Gasteiger partial charge in [-0.3, -0.25) is 4.84 Å². The van der Waals surface area contributed by atoms with Gasteiger partial charge in [-0.25, -0.2) is 0 Å². The minimum Gasteiger partial charge on any atom is -0.455 e. The molecule has 2 aromatic rings. The average molecular weight is 355 g/mol. The summed E-state index contributed by atoms with van der Waals surface area (Å²) in [7, 11) is 0. The van der Waals surface area contributed by atoms with Crippen molar-refractivity contribution in [3.8, 4) is 17.6 Å². The molecule has 0 saturated carbocycles. The monoisotopic (exact) mass is 355 g/mol. The van der Waals surface area contributed by atoms with E-state index in [9.17, 15) is 0 Å². The second-order valence-electron chi connectivity index (χ2n) is 6.93. The van der Waals surface area contributed by atoms with Gasteiger partial charge in [0.05, 0.1) is 16.4 Å². The number of nitriles is 1. The third kappa shape index (κ3) is 3.39. The number of hydrogen-bond acceptors (Lipinski definition) is 6. The number of hydrogen-bond donors (Lipinski definition) is 1. The van der Waals surface area contributed by atoms with Gasteiger partial charge >= 0.3 is 0 Å². The van der Waals surface area contributed by atoms with Crippen molar-refractivity contribution in [3.05, 3.63) is 48.0 Å². The molecule has 1 aliphatic heterocycles. The lowest BCUT2D eigenvalue weighted by atomic mass is 9.94. The zero-order valence-electron chi connectivity index (χ0n) is 14.7. The van der Waals surface area contributed by atoms with Crippen LogP contribution in [0.1, 0.15) is 33.3 Å². The summed E-state index contributed by atoms with van der Waals surface area (Å²) < 4.78 is 7.68. The molecule has 0 amide bonds. The zero-order chi connectivity index (χ0) is 18.2. The molecule has 2 aromatic carbocycles. The number of nitrogen functional groups attached to an aromatic ring is 1. The van der Waals surface area contributed by atoms with Crippen molar-refractivity contribution in [1.82, 2.24) is 0 Å². The topological polar surface area (TPSA) is 71.5 Å². The van der Waals surface area contributed by atoms with E-state index in [1.165, 1.54) is 0 Å². The Hall–Kier alpha value is -2.36. The van der Waals surface area contributed by atoms with Gasteiger partial charge in [-0.2, -0.15) is 9.73 Å². The summed E-state index contributed by atoms with van der Waals surface area (Å²) in [5, 5.41) is 8.90. The summed E-state index contributed by atoms with van der Waals surface area (Å²) in [6, 6.07) is 14.5. The molecule has 0 radical (unpaired) electrons. The lowest BCUT2D eigenvalue weighted by Gasteiger charge is -2.28. The Morgan fingerprint density at radius 2 is 1.80 bits per heavy atom. The van der Waals surface area contributed by atoms with Gasteiger partial charge in [-0.05, 0) is 82.1 Å². The molecule has 1 saturated heterocycles. The standard InChI is InChI=1S/C19H21N3O2S/c1-18(2)19(3,4)25-22(24-18)16-11-14(21)7-10-17(16)23-15-8-5-13(12-20)6-9-15/h5-11H,21H2,1-4H3. The molecule has 25 heavy (non-hydrogen) atoms. The highest BCUT2D eigenvalue weighted by atomic mass is 32.2. The molecule has 1 aliphatic rings. The van der Waals surface area contributed by atoms with E-state index in [0.717, 1.165) is 5.69 Å². The Morgan fingerprint density at radius 3 is 2.36 bits per heavy atom. The van der Waals surface area contributed by atoms with Crippen molar-refractivity contribution in [3.63, 3.8) is 0 Å². The second kappa shape index (κ2) is 6.17. The van der Waals surface area contributed by atoms with Crippen LogP contribution in [0.25, 0.3) is 0 Å². The van der Waals surface area contributed by atoms with Gasteiger partial charge in [0.15, 0.2) is 5.75 Å².